The predicted molar refractivity (Wildman–Crippen MR) is 108 cm³/mol. The van der Waals surface area contributed by atoms with Crippen LogP contribution in [0.15, 0.2) is 52.1 Å². The minimum atomic E-state index is 0.226. The van der Waals surface area contributed by atoms with Crippen LogP contribution in [0.2, 0.25) is 0 Å². The molecule has 1 fully saturated rings. The highest BCUT2D eigenvalue weighted by Crippen LogP contribution is 2.24. The van der Waals surface area contributed by atoms with E-state index in [1.807, 2.05) is 24.3 Å². The van der Waals surface area contributed by atoms with Crippen LogP contribution >= 0.6 is 0 Å². The van der Waals surface area contributed by atoms with Gasteiger partial charge in [0.15, 0.2) is 5.96 Å². The van der Waals surface area contributed by atoms with E-state index in [0.29, 0.717) is 13.2 Å². The largest absolute Gasteiger partial charge is 0.492 e. The highest BCUT2D eigenvalue weighted by Gasteiger charge is 2.25. The number of nitrogens with one attached hydrogen (secondary N) is 2. The molecule has 2 N–H and O–H groups in total. The molecular formula is C21H30N4O2. The average molecular weight is 370 g/mol. The normalized spacial score (nSPS) is 16.3. The lowest BCUT2D eigenvalue weighted by Gasteiger charge is -2.26. The monoisotopic (exact) mass is 370 g/mol. The second kappa shape index (κ2) is 10.0. The Bertz CT molecular complexity index is 709. The van der Waals surface area contributed by atoms with Crippen LogP contribution < -0.4 is 15.4 Å². The van der Waals surface area contributed by atoms with E-state index in [4.69, 9.17) is 9.15 Å². The number of guanidine groups is 1. The van der Waals surface area contributed by atoms with Gasteiger partial charge in [-0.1, -0.05) is 12.1 Å². The van der Waals surface area contributed by atoms with E-state index in [1.165, 1.54) is 18.4 Å². The van der Waals surface area contributed by atoms with Crippen molar-refractivity contribution in [2.75, 3.05) is 39.8 Å². The van der Waals surface area contributed by atoms with Crippen LogP contribution in [-0.2, 0) is 0 Å². The first kappa shape index (κ1) is 19.3. The van der Waals surface area contributed by atoms with Crippen molar-refractivity contribution in [1.82, 2.24) is 15.5 Å². The third-order valence-electron chi connectivity index (χ3n) is 4.79. The van der Waals surface area contributed by atoms with E-state index in [0.717, 1.165) is 37.1 Å². The van der Waals surface area contributed by atoms with Gasteiger partial charge in [-0.05, 0) is 62.7 Å². The molecule has 1 atom stereocenters. The molecule has 146 valence electrons. The lowest BCUT2D eigenvalue weighted by Crippen LogP contribution is -2.43. The fourth-order valence-electron chi connectivity index (χ4n) is 3.40. The van der Waals surface area contributed by atoms with E-state index in [1.54, 1.807) is 13.3 Å². The van der Waals surface area contributed by atoms with Gasteiger partial charge in [0, 0.05) is 13.6 Å². The van der Waals surface area contributed by atoms with E-state index in [2.05, 4.69) is 39.6 Å². The van der Waals surface area contributed by atoms with Crippen LogP contribution in [0.5, 0.6) is 5.75 Å². The Labute approximate surface area is 161 Å². The standard InChI is InChI=1S/C21H30N4O2/c1-17-7-5-8-18(15-17)26-14-10-23-21(22-2)24-16-19(20-9-6-13-27-20)25-11-3-4-12-25/h5-9,13,15,19H,3-4,10-12,14,16H2,1-2H3,(H2,22,23,24). The second-order valence-electron chi connectivity index (χ2n) is 6.82. The van der Waals surface area contributed by atoms with Gasteiger partial charge in [-0.2, -0.15) is 0 Å². The third kappa shape index (κ3) is 5.76. The minimum absolute atomic E-state index is 0.226. The Morgan fingerprint density at radius 3 is 2.78 bits per heavy atom. The van der Waals surface area contributed by atoms with Crippen LogP contribution in [-0.4, -0.2) is 50.7 Å². The topological polar surface area (TPSA) is 62.0 Å². The van der Waals surface area contributed by atoms with Crippen molar-refractivity contribution in [3.63, 3.8) is 0 Å². The van der Waals surface area contributed by atoms with Crippen molar-refractivity contribution in [3.05, 3.63) is 54.0 Å². The van der Waals surface area contributed by atoms with Gasteiger partial charge in [-0.15, -0.1) is 0 Å². The first-order valence-electron chi connectivity index (χ1n) is 9.67. The van der Waals surface area contributed by atoms with Crippen molar-refractivity contribution >= 4 is 5.96 Å². The van der Waals surface area contributed by atoms with E-state index in [-0.39, 0.29) is 6.04 Å². The average Bonchev–Trinajstić information content (AvgIpc) is 3.38. The first-order valence-corrected chi connectivity index (χ1v) is 9.67. The van der Waals surface area contributed by atoms with Crippen LogP contribution in [0.1, 0.15) is 30.2 Å². The molecule has 1 aliphatic rings. The molecule has 1 aromatic carbocycles. The third-order valence-corrected chi connectivity index (χ3v) is 4.79. The van der Waals surface area contributed by atoms with Gasteiger partial charge >= 0.3 is 0 Å². The number of hydrogen-bond acceptors (Lipinski definition) is 4. The van der Waals surface area contributed by atoms with E-state index >= 15 is 0 Å². The molecule has 1 saturated heterocycles. The number of aryl methyl sites for hydroxylation is 1. The summed E-state index contributed by atoms with van der Waals surface area (Å²) >= 11 is 0. The summed E-state index contributed by atoms with van der Waals surface area (Å²) in [6, 6.07) is 12.3. The maximum atomic E-state index is 5.78. The van der Waals surface area contributed by atoms with Gasteiger partial charge in [-0.25, -0.2) is 0 Å². The predicted octanol–water partition coefficient (Wildman–Crippen LogP) is 2.97. The number of benzene rings is 1. The summed E-state index contributed by atoms with van der Waals surface area (Å²) in [5.41, 5.74) is 1.20. The quantitative estimate of drug-likeness (QED) is 0.425. The molecule has 0 spiro atoms. The van der Waals surface area contributed by atoms with Gasteiger partial charge in [0.2, 0.25) is 0 Å². The zero-order valence-electron chi connectivity index (χ0n) is 16.3. The maximum absolute atomic E-state index is 5.78. The molecule has 6 heteroatoms. The fourth-order valence-corrected chi connectivity index (χ4v) is 3.40. The molecule has 0 saturated carbocycles. The highest BCUT2D eigenvalue weighted by atomic mass is 16.5. The van der Waals surface area contributed by atoms with Crippen LogP contribution in [0.3, 0.4) is 0 Å². The van der Waals surface area contributed by atoms with Crippen molar-refractivity contribution in [1.29, 1.82) is 0 Å². The Kier molecular flexibility index (Phi) is 7.16. The number of hydrogen-bond donors (Lipinski definition) is 2. The maximum Gasteiger partial charge on any atom is 0.191 e. The summed E-state index contributed by atoms with van der Waals surface area (Å²) in [6.07, 6.45) is 4.25. The van der Waals surface area contributed by atoms with E-state index in [9.17, 15) is 0 Å². The van der Waals surface area contributed by atoms with Crippen LogP contribution in [0, 0.1) is 6.92 Å². The van der Waals surface area contributed by atoms with Crippen LogP contribution in [0.25, 0.3) is 0 Å². The molecule has 2 aromatic rings. The molecule has 0 aliphatic carbocycles. The lowest BCUT2D eigenvalue weighted by atomic mass is 10.2. The number of furan rings is 1. The molecule has 1 unspecified atom stereocenters. The zero-order chi connectivity index (χ0) is 18.9. The molecule has 2 heterocycles. The summed E-state index contributed by atoms with van der Waals surface area (Å²) in [5, 5.41) is 6.73. The number of aliphatic imine (C=N–C) groups is 1. The summed E-state index contributed by atoms with van der Waals surface area (Å²) in [6.45, 7) is 6.31. The Hall–Kier alpha value is -2.47. The molecule has 6 nitrogen and oxygen atoms in total. The Morgan fingerprint density at radius 1 is 1.22 bits per heavy atom. The summed E-state index contributed by atoms with van der Waals surface area (Å²) in [7, 11) is 1.79. The van der Waals surface area contributed by atoms with Crippen molar-refractivity contribution in [2.45, 2.75) is 25.8 Å². The van der Waals surface area contributed by atoms with Gasteiger partial charge in [0.1, 0.15) is 18.1 Å². The summed E-state index contributed by atoms with van der Waals surface area (Å²) in [5.74, 6) is 2.67. The van der Waals surface area contributed by atoms with Crippen molar-refractivity contribution in [2.24, 2.45) is 4.99 Å². The Morgan fingerprint density at radius 2 is 2.07 bits per heavy atom. The smallest absolute Gasteiger partial charge is 0.191 e. The molecule has 1 aliphatic heterocycles. The number of ether oxygens (including phenoxy) is 1. The van der Waals surface area contributed by atoms with Crippen molar-refractivity contribution < 1.29 is 9.15 Å². The fraction of sp³-hybridized carbons (Fsp3) is 0.476. The van der Waals surface area contributed by atoms with Gasteiger partial charge in [0.25, 0.3) is 0 Å². The molecular weight excluding hydrogens is 340 g/mol. The minimum Gasteiger partial charge on any atom is -0.492 e. The molecule has 1 aromatic heterocycles. The highest BCUT2D eigenvalue weighted by molar-refractivity contribution is 5.79. The number of rotatable bonds is 8. The first-order chi connectivity index (χ1) is 13.3. The lowest BCUT2D eigenvalue weighted by molar-refractivity contribution is 0.215. The van der Waals surface area contributed by atoms with Gasteiger partial charge < -0.3 is 19.8 Å². The van der Waals surface area contributed by atoms with Gasteiger partial charge in [0.05, 0.1) is 18.8 Å². The summed E-state index contributed by atoms with van der Waals surface area (Å²) in [4.78, 5) is 6.79. The number of likely N-dealkylation sites (tertiary alicyclic amines) is 1. The van der Waals surface area contributed by atoms with Crippen molar-refractivity contribution in [3.8, 4) is 5.75 Å². The Balaban J connectivity index is 1.44. The molecule has 0 bridgehead atoms. The molecule has 27 heavy (non-hydrogen) atoms. The van der Waals surface area contributed by atoms with Crippen LogP contribution in [0.4, 0.5) is 0 Å². The van der Waals surface area contributed by atoms with Gasteiger partial charge in [-0.3, -0.25) is 9.89 Å². The number of nitrogens with zero attached hydrogens (tertiary/aromatic N) is 2. The van der Waals surface area contributed by atoms with E-state index < -0.39 is 0 Å². The molecule has 3 rings (SSSR count). The SMILES string of the molecule is CN=C(NCCOc1cccc(C)c1)NCC(c1ccco1)N1CCCC1. The zero-order valence-corrected chi connectivity index (χ0v) is 16.3. The molecule has 0 radical (unpaired) electrons. The summed E-state index contributed by atoms with van der Waals surface area (Å²) < 4.78 is 11.4. The second-order valence-corrected chi connectivity index (χ2v) is 6.82. The molecule has 0 amide bonds.